The van der Waals surface area contributed by atoms with Gasteiger partial charge in [0.25, 0.3) is 0 Å². The van der Waals surface area contributed by atoms with Crippen molar-refractivity contribution in [2.45, 2.75) is 20.3 Å². The summed E-state index contributed by atoms with van der Waals surface area (Å²) in [5.41, 5.74) is 1.01. The van der Waals surface area contributed by atoms with Gasteiger partial charge in [-0.25, -0.2) is 4.79 Å². The molecule has 1 rings (SSSR count). The predicted molar refractivity (Wildman–Crippen MR) is 88.1 cm³/mol. The Morgan fingerprint density at radius 2 is 1.91 bits per heavy atom. The second kappa shape index (κ2) is 9.40. The number of rotatable bonds is 8. The van der Waals surface area contributed by atoms with E-state index in [1.807, 2.05) is 0 Å². The van der Waals surface area contributed by atoms with Crippen molar-refractivity contribution in [3.8, 4) is 0 Å². The van der Waals surface area contributed by atoms with E-state index in [0.717, 1.165) is 0 Å². The van der Waals surface area contributed by atoms with Crippen molar-refractivity contribution in [2.24, 2.45) is 0 Å². The van der Waals surface area contributed by atoms with E-state index in [1.165, 1.54) is 11.8 Å². The van der Waals surface area contributed by atoms with Crippen LogP contribution in [0.15, 0.2) is 36.9 Å². The number of anilines is 1. The number of nitrogens with zero attached hydrogens (tertiary/aromatic N) is 1. The lowest BCUT2D eigenvalue weighted by Crippen LogP contribution is -2.32. The van der Waals surface area contributed by atoms with Gasteiger partial charge in [-0.05, 0) is 31.2 Å². The van der Waals surface area contributed by atoms with Gasteiger partial charge in [-0.3, -0.25) is 9.59 Å². The summed E-state index contributed by atoms with van der Waals surface area (Å²) in [5, 5.41) is 2.72. The highest BCUT2D eigenvalue weighted by Crippen LogP contribution is 2.11. The molecule has 0 radical (unpaired) electrons. The summed E-state index contributed by atoms with van der Waals surface area (Å²) in [6.45, 7) is 7.83. The van der Waals surface area contributed by atoms with E-state index in [9.17, 15) is 14.4 Å². The van der Waals surface area contributed by atoms with Crippen LogP contribution in [0.2, 0.25) is 0 Å². The van der Waals surface area contributed by atoms with Gasteiger partial charge in [0.1, 0.15) is 0 Å². The number of benzene rings is 1. The molecule has 6 nitrogen and oxygen atoms in total. The Bertz CT molecular complexity index is 566. The first-order valence-corrected chi connectivity index (χ1v) is 7.41. The molecule has 124 valence electrons. The topological polar surface area (TPSA) is 75.7 Å². The van der Waals surface area contributed by atoms with Crippen molar-refractivity contribution in [3.05, 3.63) is 42.5 Å². The molecule has 0 spiro atoms. The maximum atomic E-state index is 11.9. The van der Waals surface area contributed by atoms with Gasteiger partial charge in [0.05, 0.1) is 12.2 Å². The third-order valence-corrected chi connectivity index (χ3v) is 3.08. The molecule has 1 N–H and O–H groups in total. The summed E-state index contributed by atoms with van der Waals surface area (Å²) in [6.07, 6.45) is 1.81. The fourth-order valence-electron chi connectivity index (χ4n) is 1.90. The average molecular weight is 318 g/mol. The molecular formula is C17H22N2O4. The van der Waals surface area contributed by atoms with Crippen LogP contribution in [0.25, 0.3) is 0 Å². The van der Waals surface area contributed by atoms with Gasteiger partial charge in [-0.2, -0.15) is 0 Å². The van der Waals surface area contributed by atoms with Gasteiger partial charge in [0.2, 0.25) is 11.8 Å². The molecule has 0 aliphatic rings. The second-order valence-corrected chi connectivity index (χ2v) is 4.85. The van der Waals surface area contributed by atoms with Crippen LogP contribution in [0, 0.1) is 0 Å². The van der Waals surface area contributed by atoms with Crippen LogP contribution in [0.3, 0.4) is 0 Å². The smallest absolute Gasteiger partial charge is 0.338 e. The minimum Gasteiger partial charge on any atom is -0.462 e. The molecule has 0 fully saturated rings. The van der Waals surface area contributed by atoms with Crippen LogP contribution in [0.5, 0.6) is 0 Å². The van der Waals surface area contributed by atoms with E-state index < -0.39 is 5.97 Å². The molecule has 0 aromatic heterocycles. The van der Waals surface area contributed by atoms with Crippen molar-refractivity contribution in [2.75, 3.05) is 25.0 Å². The average Bonchev–Trinajstić information content (AvgIpc) is 2.52. The summed E-state index contributed by atoms with van der Waals surface area (Å²) in [4.78, 5) is 36.3. The fourth-order valence-corrected chi connectivity index (χ4v) is 1.90. The van der Waals surface area contributed by atoms with Gasteiger partial charge < -0.3 is 15.0 Å². The van der Waals surface area contributed by atoms with Crippen molar-refractivity contribution < 1.29 is 19.1 Å². The maximum absolute atomic E-state index is 11.9. The molecule has 0 unspecified atom stereocenters. The molecule has 1 aromatic carbocycles. The predicted octanol–water partition coefficient (Wildman–Crippen LogP) is 2.23. The Morgan fingerprint density at radius 3 is 2.43 bits per heavy atom. The first-order valence-electron chi connectivity index (χ1n) is 7.41. The molecule has 0 aliphatic carbocycles. The summed E-state index contributed by atoms with van der Waals surface area (Å²) in [7, 11) is 0. The lowest BCUT2D eigenvalue weighted by atomic mass is 10.2. The van der Waals surface area contributed by atoms with Gasteiger partial charge in [-0.1, -0.05) is 6.08 Å². The Hall–Kier alpha value is -2.63. The SMILES string of the molecule is C=CCN(CCC(=O)Nc1ccc(C(=O)OCC)cc1)C(C)=O. The monoisotopic (exact) mass is 318 g/mol. The second-order valence-electron chi connectivity index (χ2n) is 4.85. The van der Waals surface area contributed by atoms with Gasteiger partial charge in [0, 0.05) is 32.1 Å². The molecule has 0 atom stereocenters. The minimum atomic E-state index is -0.396. The van der Waals surface area contributed by atoms with E-state index in [1.54, 1.807) is 37.3 Å². The summed E-state index contributed by atoms with van der Waals surface area (Å²) in [5.74, 6) is -0.701. The first-order chi connectivity index (χ1) is 11.0. The van der Waals surface area contributed by atoms with E-state index in [-0.39, 0.29) is 18.2 Å². The van der Waals surface area contributed by atoms with Crippen molar-refractivity contribution in [1.82, 2.24) is 4.90 Å². The lowest BCUT2D eigenvalue weighted by Gasteiger charge is -2.18. The van der Waals surface area contributed by atoms with Crippen LogP contribution in [0.4, 0.5) is 5.69 Å². The van der Waals surface area contributed by atoms with Gasteiger partial charge >= 0.3 is 5.97 Å². The van der Waals surface area contributed by atoms with Crippen LogP contribution in [-0.2, 0) is 14.3 Å². The molecule has 0 saturated carbocycles. The van der Waals surface area contributed by atoms with Crippen molar-refractivity contribution >= 4 is 23.5 Å². The van der Waals surface area contributed by atoms with Crippen LogP contribution in [-0.4, -0.2) is 42.4 Å². The zero-order valence-electron chi connectivity index (χ0n) is 13.5. The van der Waals surface area contributed by atoms with Crippen molar-refractivity contribution in [3.63, 3.8) is 0 Å². The Morgan fingerprint density at radius 1 is 1.26 bits per heavy atom. The fraction of sp³-hybridized carbons (Fsp3) is 0.353. The number of ether oxygens (including phenoxy) is 1. The standard InChI is InChI=1S/C17H22N2O4/c1-4-11-19(13(3)20)12-10-16(21)18-15-8-6-14(7-9-15)17(22)23-5-2/h4,6-9H,1,5,10-12H2,2-3H3,(H,18,21). The largest absolute Gasteiger partial charge is 0.462 e. The number of hydrogen-bond donors (Lipinski definition) is 1. The molecule has 6 heteroatoms. The molecule has 23 heavy (non-hydrogen) atoms. The van der Waals surface area contributed by atoms with Gasteiger partial charge in [-0.15, -0.1) is 6.58 Å². The highest BCUT2D eigenvalue weighted by Gasteiger charge is 2.10. The lowest BCUT2D eigenvalue weighted by molar-refractivity contribution is -0.128. The third-order valence-electron chi connectivity index (χ3n) is 3.08. The summed E-state index contributed by atoms with van der Waals surface area (Å²) >= 11 is 0. The van der Waals surface area contributed by atoms with E-state index >= 15 is 0 Å². The minimum absolute atomic E-state index is 0.100. The number of nitrogens with one attached hydrogen (secondary N) is 1. The van der Waals surface area contributed by atoms with Crippen molar-refractivity contribution in [1.29, 1.82) is 0 Å². The molecule has 0 aliphatic heterocycles. The van der Waals surface area contributed by atoms with E-state index in [4.69, 9.17) is 4.74 Å². The molecule has 0 bridgehead atoms. The molecular weight excluding hydrogens is 296 g/mol. The van der Waals surface area contributed by atoms with Crippen LogP contribution < -0.4 is 5.32 Å². The van der Waals surface area contributed by atoms with E-state index in [2.05, 4.69) is 11.9 Å². The zero-order chi connectivity index (χ0) is 17.2. The quantitative estimate of drug-likeness (QED) is 0.589. The Kier molecular flexibility index (Phi) is 7.53. The molecule has 1 aromatic rings. The van der Waals surface area contributed by atoms with Crippen LogP contribution >= 0.6 is 0 Å². The van der Waals surface area contributed by atoms with Crippen LogP contribution in [0.1, 0.15) is 30.6 Å². The highest BCUT2D eigenvalue weighted by molar-refractivity contribution is 5.93. The summed E-state index contributed by atoms with van der Waals surface area (Å²) in [6, 6.07) is 6.45. The number of hydrogen-bond acceptors (Lipinski definition) is 4. The Balaban J connectivity index is 2.52. The third kappa shape index (κ3) is 6.34. The molecule has 2 amide bonds. The highest BCUT2D eigenvalue weighted by atomic mass is 16.5. The number of carbonyl (C=O) groups excluding carboxylic acids is 3. The van der Waals surface area contributed by atoms with Gasteiger partial charge in [0.15, 0.2) is 0 Å². The number of carbonyl (C=O) groups is 3. The maximum Gasteiger partial charge on any atom is 0.338 e. The number of esters is 1. The summed E-state index contributed by atoms with van der Waals surface area (Å²) < 4.78 is 4.89. The zero-order valence-corrected chi connectivity index (χ0v) is 13.5. The Labute approximate surface area is 136 Å². The first kappa shape index (κ1) is 18.4. The molecule has 0 saturated heterocycles. The molecule has 0 heterocycles. The number of amides is 2. The normalized spacial score (nSPS) is 9.83. The van der Waals surface area contributed by atoms with E-state index in [0.29, 0.717) is 30.9 Å².